The Bertz CT molecular complexity index is 562. The van der Waals surface area contributed by atoms with E-state index in [9.17, 15) is 9.59 Å². The van der Waals surface area contributed by atoms with E-state index in [4.69, 9.17) is 5.11 Å². The molecular formula is C17H22N2O3. The van der Waals surface area contributed by atoms with Gasteiger partial charge in [0.15, 0.2) is 0 Å². The Hall–Kier alpha value is -2.04. The van der Waals surface area contributed by atoms with Crippen LogP contribution in [0.4, 0.5) is 11.4 Å². The number of carboxylic acids is 1. The summed E-state index contributed by atoms with van der Waals surface area (Å²) in [4.78, 5) is 26.9. The van der Waals surface area contributed by atoms with E-state index in [0.29, 0.717) is 0 Å². The van der Waals surface area contributed by atoms with Crippen molar-refractivity contribution in [2.45, 2.75) is 26.2 Å². The van der Waals surface area contributed by atoms with E-state index < -0.39 is 11.9 Å². The molecule has 1 aromatic rings. The number of carbonyl (C=O) groups is 2. The van der Waals surface area contributed by atoms with Gasteiger partial charge in [0.2, 0.25) is 5.91 Å². The van der Waals surface area contributed by atoms with Crippen LogP contribution in [0.25, 0.3) is 0 Å². The molecule has 1 aromatic carbocycles. The van der Waals surface area contributed by atoms with Gasteiger partial charge in [0, 0.05) is 37.4 Å². The second-order valence-corrected chi connectivity index (χ2v) is 6.43. The fraction of sp³-hybridized carbons (Fsp3) is 0.529. The quantitative estimate of drug-likeness (QED) is 0.931. The summed E-state index contributed by atoms with van der Waals surface area (Å²) in [5.74, 6) is -0.789. The highest BCUT2D eigenvalue weighted by Crippen LogP contribution is 2.29. The molecule has 118 valence electrons. The molecule has 0 bridgehead atoms. The van der Waals surface area contributed by atoms with Gasteiger partial charge in [-0.05, 0) is 43.0 Å². The van der Waals surface area contributed by atoms with Gasteiger partial charge in [0.25, 0.3) is 0 Å². The lowest BCUT2D eigenvalue weighted by molar-refractivity contribution is -0.141. The van der Waals surface area contributed by atoms with Gasteiger partial charge in [-0.1, -0.05) is 6.92 Å². The summed E-state index contributed by atoms with van der Waals surface area (Å²) in [7, 11) is 0. The van der Waals surface area contributed by atoms with Gasteiger partial charge < -0.3 is 14.9 Å². The van der Waals surface area contributed by atoms with Crippen LogP contribution in [0.15, 0.2) is 24.3 Å². The zero-order valence-electron chi connectivity index (χ0n) is 12.9. The fourth-order valence-corrected chi connectivity index (χ4v) is 3.23. The van der Waals surface area contributed by atoms with Crippen LogP contribution in [0.1, 0.15) is 26.2 Å². The summed E-state index contributed by atoms with van der Waals surface area (Å²) in [6.45, 7) is 4.71. The Labute approximate surface area is 130 Å². The minimum Gasteiger partial charge on any atom is -0.481 e. The van der Waals surface area contributed by atoms with Crippen molar-refractivity contribution in [3.05, 3.63) is 24.3 Å². The molecule has 5 nitrogen and oxygen atoms in total. The van der Waals surface area contributed by atoms with Crippen molar-refractivity contribution in [1.82, 2.24) is 0 Å². The highest BCUT2D eigenvalue weighted by Gasteiger charge is 2.35. The van der Waals surface area contributed by atoms with E-state index >= 15 is 0 Å². The van der Waals surface area contributed by atoms with Crippen LogP contribution in [0.3, 0.4) is 0 Å². The van der Waals surface area contributed by atoms with Crippen molar-refractivity contribution in [3.63, 3.8) is 0 Å². The summed E-state index contributed by atoms with van der Waals surface area (Å²) in [5.41, 5.74) is 1.97. The smallest absolute Gasteiger partial charge is 0.308 e. The predicted molar refractivity (Wildman–Crippen MR) is 85.1 cm³/mol. The molecular weight excluding hydrogens is 280 g/mol. The molecule has 0 aromatic heterocycles. The minimum absolute atomic E-state index is 0.0983. The predicted octanol–water partition coefficient (Wildman–Crippen LogP) is 2.36. The number of benzene rings is 1. The molecule has 2 fully saturated rings. The van der Waals surface area contributed by atoms with Crippen LogP contribution in [0.2, 0.25) is 0 Å². The third-order valence-corrected chi connectivity index (χ3v) is 4.78. The van der Waals surface area contributed by atoms with E-state index in [0.717, 1.165) is 24.7 Å². The summed E-state index contributed by atoms with van der Waals surface area (Å²) < 4.78 is 0. The van der Waals surface area contributed by atoms with Crippen molar-refractivity contribution in [2.75, 3.05) is 29.4 Å². The maximum Gasteiger partial charge on any atom is 0.308 e. The first-order chi connectivity index (χ1) is 10.5. The molecule has 1 atom stereocenters. The highest BCUT2D eigenvalue weighted by atomic mass is 16.4. The zero-order chi connectivity index (χ0) is 15.7. The van der Waals surface area contributed by atoms with Crippen LogP contribution < -0.4 is 9.80 Å². The maximum absolute atomic E-state index is 12.0. The molecule has 2 aliphatic rings. The Morgan fingerprint density at radius 1 is 1.14 bits per heavy atom. The standard InChI is InChI=1S/C17H22N2O3/c1-12-6-8-18(9-7-12)14-2-4-15(5-3-14)19-11-13(17(21)22)10-16(19)20/h2-5,12-13H,6-11H2,1H3,(H,21,22)/t13-/m1/s1. The first kappa shape index (κ1) is 14.9. The Kier molecular flexibility index (Phi) is 4.05. The van der Waals surface area contributed by atoms with E-state index in [-0.39, 0.29) is 18.9 Å². The van der Waals surface area contributed by atoms with Gasteiger partial charge in [-0.25, -0.2) is 0 Å². The molecule has 0 unspecified atom stereocenters. The van der Waals surface area contributed by atoms with E-state index in [2.05, 4.69) is 11.8 Å². The molecule has 0 aliphatic carbocycles. The largest absolute Gasteiger partial charge is 0.481 e. The first-order valence-corrected chi connectivity index (χ1v) is 7.93. The number of rotatable bonds is 3. The van der Waals surface area contributed by atoms with Crippen LogP contribution in [0, 0.1) is 11.8 Å². The number of anilines is 2. The lowest BCUT2D eigenvalue weighted by atomic mass is 9.99. The van der Waals surface area contributed by atoms with E-state index in [1.165, 1.54) is 18.5 Å². The SMILES string of the molecule is CC1CCN(c2ccc(N3C[C@H](C(=O)O)CC3=O)cc2)CC1. The summed E-state index contributed by atoms with van der Waals surface area (Å²) >= 11 is 0. The van der Waals surface area contributed by atoms with Crippen LogP contribution >= 0.6 is 0 Å². The second-order valence-electron chi connectivity index (χ2n) is 6.43. The molecule has 3 rings (SSSR count). The molecule has 0 saturated carbocycles. The lowest BCUT2D eigenvalue weighted by Gasteiger charge is -2.32. The van der Waals surface area contributed by atoms with E-state index in [1.807, 2.05) is 24.3 Å². The van der Waals surface area contributed by atoms with Crippen LogP contribution in [0.5, 0.6) is 0 Å². The zero-order valence-corrected chi connectivity index (χ0v) is 12.9. The number of hydrogen-bond acceptors (Lipinski definition) is 3. The topological polar surface area (TPSA) is 60.9 Å². The van der Waals surface area contributed by atoms with Gasteiger partial charge in [0.1, 0.15) is 0 Å². The van der Waals surface area contributed by atoms with Crippen molar-refractivity contribution in [2.24, 2.45) is 11.8 Å². The molecule has 5 heteroatoms. The normalized spacial score (nSPS) is 23.1. The summed E-state index contributed by atoms with van der Waals surface area (Å²) in [6.07, 6.45) is 2.53. The molecule has 22 heavy (non-hydrogen) atoms. The van der Waals surface area contributed by atoms with Gasteiger partial charge in [0.05, 0.1) is 5.92 Å². The number of hydrogen-bond donors (Lipinski definition) is 1. The van der Waals surface area contributed by atoms with Gasteiger partial charge in [-0.2, -0.15) is 0 Å². The minimum atomic E-state index is -0.894. The van der Waals surface area contributed by atoms with Gasteiger partial charge in [-0.15, -0.1) is 0 Å². The van der Waals surface area contributed by atoms with Crippen LogP contribution in [-0.2, 0) is 9.59 Å². The molecule has 1 amide bonds. The molecule has 0 radical (unpaired) electrons. The molecule has 0 spiro atoms. The fourth-order valence-electron chi connectivity index (χ4n) is 3.23. The third kappa shape index (κ3) is 2.93. The van der Waals surface area contributed by atoms with Crippen molar-refractivity contribution in [3.8, 4) is 0 Å². The average Bonchev–Trinajstić information content (AvgIpc) is 2.91. The number of aliphatic carboxylic acids is 1. The van der Waals surface area contributed by atoms with Crippen molar-refractivity contribution >= 4 is 23.3 Å². The van der Waals surface area contributed by atoms with E-state index in [1.54, 1.807) is 4.90 Å². The van der Waals surface area contributed by atoms with Crippen molar-refractivity contribution < 1.29 is 14.7 Å². The summed E-state index contributed by atoms with van der Waals surface area (Å²) in [5, 5.41) is 9.05. The molecule has 2 heterocycles. The summed E-state index contributed by atoms with van der Waals surface area (Å²) in [6, 6.07) is 7.92. The molecule has 2 aliphatic heterocycles. The Balaban J connectivity index is 1.69. The number of carbonyl (C=O) groups excluding carboxylic acids is 1. The molecule has 2 saturated heterocycles. The van der Waals surface area contributed by atoms with Crippen LogP contribution in [-0.4, -0.2) is 36.6 Å². The lowest BCUT2D eigenvalue weighted by Crippen LogP contribution is -2.32. The number of nitrogens with zero attached hydrogens (tertiary/aromatic N) is 2. The number of piperidine rings is 1. The monoisotopic (exact) mass is 302 g/mol. The maximum atomic E-state index is 12.0. The number of carboxylic acid groups (broad SMARTS) is 1. The van der Waals surface area contributed by atoms with Gasteiger partial charge >= 0.3 is 5.97 Å². The Morgan fingerprint density at radius 3 is 2.27 bits per heavy atom. The highest BCUT2D eigenvalue weighted by molar-refractivity contribution is 5.99. The second kappa shape index (κ2) is 5.99. The number of amides is 1. The Morgan fingerprint density at radius 2 is 1.73 bits per heavy atom. The molecule has 1 N–H and O–H groups in total. The average molecular weight is 302 g/mol. The third-order valence-electron chi connectivity index (χ3n) is 4.78. The first-order valence-electron chi connectivity index (χ1n) is 7.93. The van der Waals surface area contributed by atoms with Crippen molar-refractivity contribution in [1.29, 1.82) is 0 Å². The van der Waals surface area contributed by atoms with Gasteiger partial charge in [-0.3, -0.25) is 9.59 Å².